The van der Waals surface area contributed by atoms with Crippen LogP contribution in [-0.2, 0) is 11.3 Å². The molecular formula is C13H17BrO. The van der Waals surface area contributed by atoms with E-state index >= 15 is 0 Å². The van der Waals surface area contributed by atoms with Gasteiger partial charge in [0.2, 0.25) is 0 Å². The predicted octanol–water partition coefficient (Wildman–Crippen LogP) is 3.79. The Morgan fingerprint density at radius 1 is 1.40 bits per heavy atom. The van der Waals surface area contributed by atoms with Crippen LogP contribution in [0.5, 0.6) is 0 Å². The standard InChI is InChI=1S/C13H17BrO/c1-3-13(2,10-14)11-15-9-12-7-5-4-6-8-12/h3-8H,1,9-11H2,2H3. The van der Waals surface area contributed by atoms with Gasteiger partial charge in [-0.25, -0.2) is 0 Å². The first-order chi connectivity index (χ1) is 7.20. The molecule has 15 heavy (non-hydrogen) atoms. The summed E-state index contributed by atoms with van der Waals surface area (Å²) in [5, 5.41) is 0.873. The Balaban J connectivity index is 2.36. The highest BCUT2D eigenvalue weighted by molar-refractivity contribution is 9.09. The molecule has 1 aromatic carbocycles. The molecule has 0 radical (unpaired) electrons. The third kappa shape index (κ3) is 4.18. The van der Waals surface area contributed by atoms with Gasteiger partial charge in [-0.05, 0) is 5.56 Å². The first-order valence-electron chi connectivity index (χ1n) is 5.01. The Kier molecular flexibility index (Phi) is 5.06. The Morgan fingerprint density at radius 2 is 2.07 bits per heavy atom. The van der Waals surface area contributed by atoms with Crippen molar-refractivity contribution in [1.29, 1.82) is 0 Å². The van der Waals surface area contributed by atoms with Crippen LogP contribution in [-0.4, -0.2) is 11.9 Å². The lowest BCUT2D eigenvalue weighted by atomic mass is 9.95. The normalized spacial score (nSPS) is 14.5. The first kappa shape index (κ1) is 12.5. The minimum absolute atomic E-state index is 0.0226. The quantitative estimate of drug-likeness (QED) is 0.564. The molecule has 0 aliphatic carbocycles. The van der Waals surface area contributed by atoms with Crippen molar-refractivity contribution >= 4 is 15.9 Å². The monoisotopic (exact) mass is 268 g/mol. The van der Waals surface area contributed by atoms with Crippen molar-refractivity contribution in [1.82, 2.24) is 0 Å². The number of hydrogen-bond donors (Lipinski definition) is 0. The first-order valence-corrected chi connectivity index (χ1v) is 6.13. The zero-order valence-corrected chi connectivity index (χ0v) is 10.7. The van der Waals surface area contributed by atoms with Crippen LogP contribution in [0.15, 0.2) is 43.0 Å². The van der Waals surface area contributed by atoms with E-state index in [9.17, 15) is 0 Å². The van der Waals surface area contributed by atoms with Crippen LogP contribution in [0.3, 0.4) is 0 Å². The molecule has 0 heterocycles. The average molecular weight is 269 g/mol. The highest BCUT2D eigenvalue weighted by Gasteiger charge is 2.18. The van der Waals surface area contributed by atoms with Crippen molar-refractivity contribution in [3.8, 4) is 0 Å². The summed E-state index contributed by atoms with van der Waals surface area (Å²) in [6, 6.07) is 10.2. The SMILES string of the molecule is C=CC(C)(CBr)COCc1ccccc1. The lowest BCUT2D eigenvalue weighted by Gasteiger charge is -2.22. The fourth-order valence-corrected chi connectivity index (χ4v) is 1.52. The van der Waals surface area contributed by atoms with Gasteiger partial charge in [0, 0.05) is 10.7 Å². The molecule has 1 nitrogen and oxygen atoms in total. The Labute approximate surface area is 100 Å². The van der Waals surface area contributed by atoms with Gasteiger partial charge in [0.05, 0.1) is 13.2 Å². The second-order valence-corrected chi connectivity index (χ2v) is 4.53. The van der Waals surface area contributed by atoms with Gasteiger partial charge in [-0.15, -0.1) is 6.58 Å². The second kappa shape index (κ2) is 6.09. The molecule has 0 spiro atoms. The van der Waals surface area contributed by atoms with Crippen LogP contribution in [0.25, 0.3) is 0 Å². The Hall–Kier alpha value is -0.600. The van der Waals surface area contributed by atoms with Crippen molar-refractivity contribution in [2.45, 2.75) is 13.5 Å². The lowest BCUT2D eigenvalue weighted by Crippen LogP contribution is -2.22. The summed E-state index contributed by atoms with van der Waals surface area (Å²) < 4.78 is 5.67. The molecule has 82 valence electrons. The van der Waals surface area contributed by atoms with Crippen LogP contribution in [0, 0.1) is 5.41 Å². The highest BCUT2D eigenvalue weighted by Crippen LogP contribution is 2.21. The number of alkyl halides is 1. The van der Waals surface area contributed by atoms with E-state index in [0.29, 0.717) is 13.2 Å². The fraction of sp³-hybridized carbons (Fsp3) is 0.385. The summed E-state index contributed by atoms with van der Waals surface area (Å²) in [6.07, 6.45) is 1.94. The van der Waals surface area contributed by atoms with Crippen molar-refractivity contribution in [2.75, 3.05) is 11.9 Å². The molecule has 0 aliphatic rings. The van der Waals surface area contributed by atoms with Crippen molar-refractivity contribution in [3.05, 3.63) is 48.6 Å². The molecule has 0 bridgehead atoms. The zero-order valence-electron chi connectivity index (χ0n) is 9.08. The maximum Gasteiger partial charge on any atom is 0.0717 e. The molecule has 0 fully saturated rings. The van der Waals surface area contributed by atoms with E-state index in [1.807, 2.05) is 24.3 Å². The Bertz CT molecular complexity index is 297. The van der Waals surface area contributed by atoms with Gasteiger partial charge in [-0.3, -0.25) is 0 Å². The number of rotatable bonds is 6. The molecular weight excluding hydrogens is 252 g/mol. The third-order valence-electron chi connectivity index (χ3n) is 2.34. The van der Waals surface area contributed by atoms with Crippen molar-refractivity contribution < 1.29 is 4.74 Å². The zero-order chi connectivity index (χ0) is 11.1. The molecule has 1 aromatic rings. The van der Waals surface area contributed by atoms with E-state index in [4.69, 9.17) is 4.74 Å². The summed E-state index contributed by atoms with van der Waals surface area (Å²) in [7, 11) is 0. The molecule has 0 aliphatic heterocycles. The predicted molar refractivity (Wildman–Crippen MR) is 68.2 cm³/mol. The molecule has 1 rings (SSSR count). The molecule has 0 N–H and O–H groups in total. The van der Waals surface area contributed by atoms with Crippen LogP contribution in [0.4, 0.5) is 0 Å². The minimum atomic E-state index is 0.0226. The topological polar surface area (TPSA) is 9.23 Å². The van der Waals surface area contributed by atoms with Gasteiger partial charge in [-0.2, -0.15) is 0 Å². The number of ether oxygens (including phenoxy) is 1. The number of hydrogen-bond acceptors (Lipinski definition) is 1. The molecule has 1 atom stereocenters. The maximum atomic E-state index is 5.67. The summed E-state index contributed by atoms with van der Waals surface area (Å²) in [6.45, 7) is 7.30. The van der Waals surface area contributed by atoms with E-state index in [1.165, 1.54) is 5.56 Å². The minimum Gasteiger partial charge on any atom is -0.376 e. The molecule has 0 amide bonds. The summed E-state index contributed by atoms with van der Waals surface area (Å²) in [5.74, 6) is 0. The smallest absolute Gasteiger partial charge is 0.0717 e. The van der Waals surface area contributed by atoms with Gasteiger partial charge in [0.25, 0.3) is 0 Å². The van der Waals surface area contributed by atoms with E-state index in [0.717, 1.165) is 5.33 Å². The number of halogens is 1. The van der Waals surface area contributed by atoms with E-state index in [1.54, 1.807) is 0 Å². The lowest BCUT2D eigenvalue weighted by molar-refractivity contribution is 0.0741. The van der Waals surface area contributed by atoms with Crippen LogP contribution in [0.1, 0.15) is 12.5 Å². The molecule has 0 saturated carbocycles. The van der Waals surface area contributed by atoms with Crippen molar-refractivity contribution in [3.63, 3.8) is 0 Å². The maximum absolute atomic E-state index is 5.67. The van der Waals surface area contributed by atoms with Gasteiger partial charge >= 0.3 is 0 Å². The molecule has 1 unspecified atom stereocenters. The largest absolute Gasteiger partial charge is 0.376 e. The third-order valence-corrected chi connectivity index (χ3v) is 3.62. The van der Waals surface area contributed by atoms with Crippen LogP contribution in [0.2, 0.25) is 0 Å². The van der Waals surface area contributed by atoms with Gasteiger partial charge < -0.3 is 4.74 Å². The van der Waals surface area contributed by atoms with E-state index < -0.39 is 0 Å². The number of benzene rings is 1. The summed E-state index contributed by atoms with van der Waals surface area (Å²) in [4.78, 5) is 0. The highest BCUT2D eigenvalue weighted by atomic mass is 79.9. The summed E-state index contributed by atoms with van der Waals surface area (Å²) >= 11 is 3.47. The summed E-state index contributed by atoms with van der Waals surface area (Å²) in [5.41, 5.74) is 1.23. The van der Waals surface area contributed by atoms with E-state index in [-0.39, 0.29) is 5.41 Å². The average Bonchev–Trinajstić information content (AvgIpc) is 2.30. The molecule has 2 heteroatoms. The molecule has 0 aromatic heterocycles. The van der Waals surface area contributed by atoms with Gasteiger partial charge in [-0.1, -0.05) is 59.3 Å². The van der Waals surface area contributed by atoms with Gasteiger partial charge in [0.15, 0.2) is 0 Å². The van der Waals surface area contributed by atoms with Crippen LogP contribution >= 0.6 is 15.9 Å². The van der Waals surface area contributed by atoms with E-state index in [2.05, 4.69) is 41.6 Å². The van der Waals surface area contributed by atoms with Gasteiger partial charge in [0.1, 0.15) is 0 Å². The van der Waals surface area contributed by atoms with Crippen LogP contribution < -0.4 is 0 Å². The van der Waals surface area contributed by atoms with Crippen molar-refractivity contribution in [2.24, 2.45) is 5.41 Å². The Morgan fingerprint density at radius 3 is 2.60 bits per heavy atom. The molecule has 0 saturated heterocycles. The fourth-order valence-electron chi connectivity index (χ4n) is 1.13. The second-order valence-electron chi connectivity index (χ2n) is 3.97.